The van der Waals surface area contributed by atoms with Gasteiger partial charge in [-0.15, -0.1) is 0 Å². The highest BCUT2D eigenvalue weighted by Gasteiger charge is 2.16. The van der Waals surface area contributed by atoms with Gasteiger partial charge in [-0.2, -0.15) is 5.10 Å². The van der Waals surface area contributed by atoms with E-state index in [0.29, 0.717) is 18.9 Å². The fourth-order valence-corrected chi connectivity index (χ4v) is 3.74. The molecule has 2 heterocycles. The van der Waals surface area contributed by atoms with Crippen molar-refractivity contribution in [3.8, 4) is 16.9 Å². The Balaban J connectivity index is 1.54. The van der Waals surface area contributed by atoms with Gasteiger partial charge < -0.3 is 14.6 Å². The Bertz CT molecular complexity index is 901. The van der Waals surface area contributed by atoms with Crippen molar-refractivity contribution in [1.29, 1.82) is 0 Å². The van der Waals surface area contributed by atoms with E-state index in [9.17, 15) is 5.11 Å². The van der Waals surface area contributed by atoms with Crippen molar-refractivity contribution in [2.75, 3.05) is 19.8 Å². The van der Waals surface area contributed by atoms with Gasteiger partial charge in [0.25, 0.3) is 0 Å². The molecule has 1 aliphatic heterocycles. The summed E-state index contributed by atoms with van der Waals surface area (Å²) in [6, 6.07) is 16.3. The molecule has 0 aliphatic carbocycles. The topological polar surface area (TPSA) is 56.5 Å². The van der Waals surface area contributed by atoms with Crippen molar-refractivity contribution in [3.05, 3.63) is 72.1 Å². The second-order valence-corrected chi connectivity index (χ2v) is 7.59. The van der Waals surface area contributed by atoms with Crippen LogP contribution in [0, 0.1) is 5.92 Å². The number of hydrogen-bond donors (Lipinski definition) is 1. The average Bonchev–Trinajstić information content (AvgIpc) is 3.23. The lowest BCUT2D eigenvalue weighted by molar-refractivity contribution is 0.0601. The fraction of sp³-hybridized carbons (Fsp3) is 0.375. The van der Waals surface area contributed by atoms with Crippen LogP contribution < -0.4 is 4.74 Å². The molecule has 0 spiro atoms. The van der Waals surface area contributed by atoms with Gasteiger partial charge in [0.15, 0.2) is 0 Å². The van der Waals surface area contributed by atoms with Crippen LogP contribution in [0.1, 0.15) is 24.0 Å². The summed E-state index contributed by atoms with van der Waals surface area (Å²) in [6.45, 7) is 3.26. The lowest BCUT2D eigenvalue weighted by atomic mass is 10.0. The maximum atomic E-state index is 9.33. The van der Waals surface area contributed by atoms with E-state index >= 15 is 0 Å². The summed E-state index contributed by atoms with van der Waals surface area (Å²) >= 11 is 0. The number of rotatable bonds is 8. The van der Waals surface area contributed by atoms with Gasteiger partial charge in [0, 0.05) is 43.7 Å². The summed E-state index contributed by atoms with van der Waals surface area (Å²) < 4.78 is 13.6. The average molecular weight is 392 g/mol. The first-order valence-electron chi connectivity index (χ1n) is 10.3. The molecule has 2 aromatic carbocycles. The van der Waals surface area contributed by atoms with Gasteiger partial charge in [0.05, 0.1) is 6.20 Å². The monoisotopic (exact) mass is 392 g/mol. The van der Waals surface area contributed by atoms with Crippen LogP contribution >= 0.6 is 0 Å². The fourth-order valence-electron chi connectivity index (χ4n) is 3.74. The smallest absolute Gasteiger partial charge is 0.127 e. The first-order chi connectivity index (χ1) is 14.3. The molecule has 1 aliphatic rings. The zero-order valence-electron chi connectivity index (χ0n) is 16.7. The molecule has 0 bridgehead atoms. The molecule has 0 amide bonds. The van der Waals surface area contributed by atoms with Crippen LogP contribution in [0.15, 0.2) is 60.9 Å². The summed E-state index contributed by atoms with van der Waals surface area (Å²) in [5, 5.41) is 13.9. The standard InChI is InChI=1S/C24H28N2O3/c27-11-8-19-6-7-24(29-18-21-4-2-1-3-5-21)23(14-19)22-15-25-26(17-22)16-20-9-12-28-13-10-20/h1-7,14-15,17,20,27H,8-13,16,18H2. The Labute approximate surface area is 171 Å². The van der Waals surface area contributed by atoms with E-state index in [-0.39, 0.29) is 6.61 Å². The third kappa shape index (κ3) is 5.25. The van der Waals surface area contributed by atoms with Gasteiger partial charge in [-0.25, -0.2) is 0 Å². The number of ether oxygens (including phenoxy) is 2. The number of hydrogen-bond acceptors (Lipinski definition) is 4. The van der Waals surface area contributed by atoms with Gasteiger partial charge in [-0.1, -0.05) is 36.4 Å². The predicted octanol–water partition coefficient (Wildman–Crippen LogP) is 4.09. The highest BCUT2D eigenvalue weighted by atomic mass is 16.5. The molecule has 5 nitrogen and oxygen atoms in total. The van der Waals surface area contributed by atoms with Crippen molar-refractivity contribution >= 4 is 0 Å². The minimum Gasteiger partial charge on any atom is -0.488 e. The van der Waals surface area contributed by atoms with E-state index in [2.05, 4.69) is 29.5 Å². The molecule has 1 fully saturated rings. The SMILES string of the molecule is OCCc1ccc(OCc2ccccc2)c(-c2cnn(CC3CCOCC3)c2)c1. The third-order valence-corrected chi connectivity index (χ3v) is 5.41. The van der Waals surface area contributed by atoms with E-state index in [1.165, 1.54) is 0 Å². The van der Waals surface area contributed by atoms with Gasteiger partial charge in [0.2, 0.25) is 0 Å². The van der Waals surface area contributed by atoms with Crippen molar-refractivity contribution in [3.63, 3.8) is 0 Å². The van der Waals surface area contributed by atoms with Crippen molar-refractivity contribution in [1.82, 2.24) is 9.78 Å². The Morgan fingerprint density at radius 2 is 1.90 bits per heavy atom. The molecule has 0 unspecified atom stereocenters. The molecule has 5 heteroatoms. The van der Waals surface area contributed by atoms with E-state index in [1.807, 2.05) is 41.2 Å². The molecule has 0 saturated carbocycles. The van der Waals surface area contributed by atoms with Gasteiger partial charge >= 0.3 is 0 Å². The van der Waals surface area contributed by atoms with Crippen LogP contribution in [0.5, 0.6) is 5.75 Å². The van der Waals surface area contributed by atoms with Gasteiger partial charge in [0.1, 0.15) is 12.4 Å². The Morgan fingerprint density at radius 3 is 2.69 bits per heavy atom. The summed E-state index contributed by atoms with van der Waals surface area (Å²) in [4.78, 5) is 0. The van der Waals surface area contributed by atoms with Crippen LogP contribution in [0.2, 0.25) is 0 Å². The molecular formula is C24H28N2O3. The maximum Gasteiger partial charge on any atom is 0.127 e. The van der Waals surface area contributed by atoms with Crippen LogP contribution in [0.3, 0.4) is 0 Å². The van der Waals surface area contributed by atoms with Crippen LogP contribution in [0.4, 0.5) is 0 Å². The first kappa shape index (κ1) is 19.7. The number of aromatic nitrogens is 2. The predicted molar refractivity (Wildman–Crippen MR) is 113 cm³/mol. The molecular weight excluding hydrogens is 364 g/mol. The normalized spacial score (nSPS) is 14.8. The highest BCUT2D eigenvalue weighted by Crippen LogP contribution is 2.32. The number of aliphatic hydroxyl groups excluding tert-OH is 1. The summed E-state index contributed by atoms with van der Waals surface area (Å²) in [6.07, 6.45) is 6.82. The highest BCUT2D eigenvalue weighted by molar-refractivity contribution is 5.70. The van der Waals surface area contributed by atoms with Crippen molar-refractivity contribution in [2.24, 2.45) is 5.92 Å². The molecule has 1 N–H and O–H groups in total. The molecule has 3 aromatic rings. The lowest BCUT2D eigenvalue weighted by Crippen LogP contribution is -2.20. The van der Waals surface area contributed by atoms with Crippen LogP contribution in [-0.2, 0) is 24.3 Å². The minimum absolute atomic E-state index is 0.132. The number of benzene rings is 2. The molecule has 0 radical (unpaired) electrons. The first-order valence-corrected chi connectivity index (χ1v) is 10.3. The van der Waals surface area contributed by atoms with Crippen molar-refractivity contribution in [2.45, 2.75) is 32.4 Å². The summed E-state index contributed by atoms with van der Waals surface area (Å²) in [5.74, 6) is 1.45. The van der Waals surface area contributed by atoms with E-state index in [0.717, 1.165) is 60.6 Å². The molecule has 4 rings (SSSR count). The number of aliphatic hydroxyl groups is 1. The van der Waals surface area contributed by atoms with Crippen LogP contribution in [-0.4, -0.2) is 34.7 Å². The second-order valence-electron chi connectivity index (χ2n) is 7.59. The van der Waals surface area contributed by atoms with Crippen LogP contribution in [0.25, 0.3) is 11.1 Å². The van der Waals surface area contributed by atoms with E-state index in [4.69, 9.17) is 9.47 Å². The van der Waals surface area contributed by atoms with E-state index in [1.54, 1.807) is 0 Å². The quantitative estimate of drug-likeness (QED) is 0.627. The molecule has 152 valence electrons. The molecule has 1 saturated heterocycles. The Hall–Kier alpha value is -2.63. The van der Waals surface area contributed by atoms with Crippen molar-refractivity contribution < 1.29 is 14.6 Å². The van der Waals surface area contributed by atoms with Gasteiger partial charge in [-0.3, -0.25) is 4.68 Å². The zero-order chi connectivity index (χ0) is 19.9. The Kier molecular flexibility index (Phi) is 6.60. The lowest BCUT2D eigenvalue weighted by Gasteiger charge is -2.21. The molecule has 0 atom stereocenters. The number of nitrogens with zero attached hydrogens (tertiary/aromatic N) is 2. The summed E-state index contributed by atoms with van der Waals surface area (Å²) in [7, 11) is 0. The third-order valence-electron chi connectivity index (χ3n) is 5.41. The Morgan fingerprint density at radius 1 is 1.07 bits per heavy atom. The van der Waals surface area contributed by atoms with Gasteiger partial charge in [-0.05, 0) is 48.4 Å². The second kappa shape index (κ2) is 9.72. The minimum atomic E-state index is 0.132. The largest absolute Gasteiger partial charge is 0.488 e. The zero-order valence-corrected chi connectivity index (χ0v) is 16.7. The molecule has 29 heavy (non-hydrogen) atoms. The maximum absolute atomic E-state index is 9.33. The summed E-state index contributed by atoms with van der Waals surface area (Å²) in [5.41, 5.74) is 4.28. The molecule has 1 aromatic heterocycles. The van der Waals surface area contributed by atoms with E-state index < -0.39 is 0 Å².